The van der Waals surface area contributed by atoms with Crippen LogP contribution in [-0.2, 0) is 0 Å². The number of fused-ring (bicyclic) bond motifs is 1. The first-order valence-corrected chi connectivity index (χ1v) is 5.65. The summed E-state index contributed by atoms with van der Waals surface area (Å²) in [6.45, 7) is 2.03. The lowest BCUT2D eigenvalue weighted by Gasteiger charge is -1.91. The largest absolute Gasteiger partial charge is 0.0620 e. The second-order valence-corrected chi connectivity index (χ2v) is 3.80. The number of hydrogen-bond acceptors (Lipinski definition) is 0. The van der Waals surface area contributed by atoms with E-state index < -0.39 is 0 Å². The number of hydrogen-bond donors (Lipinski definition) is 0. The van der Waals surface area contributed by atoms with Gasteiger partial charge in [-0.25, -0.2) is 0 Å². The highest BCUT2D eigenvalue weighted by atomic mass is 13.9. The van der Waals surface area contributed by atoms with Crippen LogP contribution in [0.5, 0.6) is 0 Å². The fourth-order valence-electron chi connectivity index (χ4n) is 1.55. The lowest BCUT2D eigenvalue weighted by Crippen LogP contribution is -1.67. The highest BCUT2D eigenvalue weighted by Gasteiger charge is 1.85. The van der Waals surface area contributed by atoms with Crippen LogP contribution in [0.1, 0.15) is 5.56 Å². The normalized spacial score (nSPS) is 9.47. The predicted molar refractivity (Wildman–Crippen MR) is 72.8 cm³/mol. The van der Waals surface area contributed by atoms with E-state index in [1.54, 1.807) is 0 Å². The monoisotopic (exact) mass is 218 g/mol. The zero-order chi connectivity index (χ0) is 11.9. The van der Waals surface area contributed by atoms with Crippen LogP contribution in [0.15, 0.2) is 66.7 Å². The molecule has 0 saturated carbocycles. The van der Waals surface area contributed by atoms with Crippen LogP contribution in [0.4, 0.5) is 0 Å². The second-order valence-electron chi connectivity index (χ2n) is 3.80. The van der Waals surface area contributed by atoms with Crippen LogP contribution in [-0.4, -0.2) is 0 Å². The van der Waals surface area contributed by atoms with Gasteiger partial charge in [0.05, 0.1) is 0 Å². The van der Waals surface area contributed by atoms with Crippen molar-refractivity contribution in [1.29, 1.82) is 0 Å². The molecule has 0 saturated heterocycles. The van der Waals surface area contributed by atoms with Gasteiger partial charge in [0.2, 0.25) is 0 Å². The second kappa shape index (κ2) is 5.86. The van der Waals surface area contributed by atoms with Crippen LogP contribution < -0.4 is 0 Å². The molecule has 0 aliphatic heterocycles. The van der Waals surface area contributed by atoms with Gasteiger partial charge in [0.15, 0.2) is 0 Å². The van der Waals surface area contributed by atoms with Crippen LogP contribution in [0.2, 0.25) is 0 Å². The highest BCUT2D eigenvalue weighted by Crippen LogP contribution is 2.10. The fourth-order valence-corrected chi connectivity index (χ4v) is 1.55. The zero-order valence-electron chi connectivity index (χ0n) is 9.85. The summed E-state index contributed by atoms with van der Waals surface area (Å²) in [5.41, 5.74) is 1.20. The quantitative estimate of drug-likeness (QED) is 0.523. The van der Waals surface area contributed by atoms with Crippen LogP contribution in [0, 0.1) is 19.1 Å². The molecule has 0 nitrogen and oxygen atoms in total. The molecule has 3 rings (SSSR count). The summed E-state index contributed by atoms with van der Waals surface area (Å²) in [5, 5.41) is 2.44. The molecule has 0 N–H and O–H groups in total. The van der Waals surface area contributed by atoms with Crippen molar-refractivity contribution in [2.24, 2.45) is 0 Å². The minimum atomic E-state index is 1.19. The lowest BCUT2D eigenvalue weighted by atomic mass is 10.1. The summed E-state index contributed by atoms with van der Waals surface area (Å²) in [7, 11) is 0. The minimum absolute atomic E-state index is 1.19. The molecular formula is C17H14. The molecular weight excluding hydrogens is 204 g/mol. The molecule has 2 radical (unpaired) electrons. The molecule has 0 aliphatic carbocycles. The Balaban J connectivity index is 0.000000136. The summed E-state index contributed by atoms with van der Waals surface area (Å²) in [6, 6.07) is 28.3. The third-order valence-electron chi connectivity index (χ3n) is 2.44. The minimum Gasteiger partial charge on any atom is -0.0620 e. The van der Waals surface area contributed by atoms with E-state index in [9.17, 15) is 0 Å². The zero-order valence-corrected chi connectivity index (χ0v) is 9.85. The first-order valence-electron chi connectivity index (χ1n) is 5.65. The Kier molecular flexibility index (Phi) is 3.93. The highest BCUT2D eigenvalue weighted by molar-refractivity contribution is 5.81. The summed E-state index contributed by atoms with van der Waals surface area (Å²) in [6.07, 6.45) is 0. The Bertz CT molecular complexity index is 502. The topological polar surface area (TPSA) is 0 Å². The molecule has 82 valence electrons. The van der Waals surface area contributed by atoms with Gasteiger partial charge in [-0.05, 0) is 35.4 Å². The van der Waals surface area contributed by atoms with Crippen molar-refractivity contribution in [1.82, 2.24) is 0 Å². The Morgan fingerprint density at radius 2 is 1.41 bits per heavy atom. The van der Waals surface area contributed by atoms with E-state index in [0.717, 1.165) is 0 Å². The average Bonchev–Trinajstić information content (AvgIpc) is 2.41. The van der Waals surface area contributed by atoms with Crippen LogP contribution in [0.3, 0.4) is 0 Å². The van der Waals surface area contributed by atoms with Gasteiger partial charge < -0.3 is 0 Å². The molecule has 0 bridgehead atoms. The van der Waals surface area contributed by atoms with E-state index in [-0.39, 0.29) is 0 Å². The molecule has 0 heteroatoms. The lowest BCUT2D eigenvalue weighted by molar-refractivity contribution is 1.46. The third kappa shape index (κ3) is 3.46. The van der Waals surface area contributed by atoms with E-state index in [4.69, 9.17) is 0 Å². The molecule has 3 aromatic rings. The standard InChI is InChI=1S/C10H7.C7H7/c1-2-6-10-8-4-3-7-9(10)5-1;1-7-5-3-2-4-6-7/h1-7H;2-5H,1H3. The Labute approximate surface area is 103 Å². The molecule has 17 heavy (non-hydrogen) atoms. The first-order chi connectivity index (χ1) is 8.36. The summed E-state index contributed by atoms with van der Waals surface area (Å²) < 4.78 is 0. The smallest absolute Gasteiger partial charge is 0.00992 e. The van der Waals surface area contributed by atoms with Crippen molar-refractivity contribution >= 4 is 10.8 Å². The molecule has 0 atom stereocenters. The van der Waals surface area contributed by atoms with Gasteiger partial charge in [0.25, 0.3) is 0 Å². The summed E-state index contributed by atoms with van der Waals surface area (Å²) >= 11 is 0. The summed E-state index contributed by atoms with van der Waals surface area (Å²) in [4.78, 5) is 0. The molecule has 0 amide bonds. The van der Waals surface area contributed by atoms with Gasteiger partial charge in [-0.2, -0.15) is 0 Å². The Morgan fingerprint density at radius 3 is 2.06 bits per heavy atom. The summed E-state index contributed by atoms with van der Waals surface area (Å²) in [5.74, 6) is 0. The molecule has 3 aromatic carbocycles. The van der Waals surface area contributed by atoms with E-state index >= 15 is 0 Å². The maximum atomic E-state index is 3.15. The van der Waals surface area contributed by atoms with Crippen molar-refractivity contribution in [3.8, 4) is 0 Å². The fraction of sp³-hybridized carbons (Fsp3) is 0.0588. The maximum absolute atomic E-state index is 3.15. The van der Waals surface area contributed by atoms with Gasteiger partial charge in [-0.3, -0.25) is 0 Å². The van der Waals surface area contributed by atoms with E-state index in [1.165, 1.54) is 16.3 Å². The van der Waals surface area contributed by atoms with Crippen molar-refractivity contribution in [2.45, 2.75) is 6.92 Å². The molecule has 0 fully saturated rings. The SMILES string of the molecule is Cc1[c]cccc1.[c]1cccc2ccccc12. The Morgan fingerprint density at radius 1 is 0.706 bits per heavy atom. The molecule has 0 spiro atoms. The van der Waals surface area contributed by atoms with Crippen LogP contribution in [0.25, 0.3) is 10.8 Å². The van der Waals surface area contributed by atoms with Gasteiger partial charge >= 0.3 is 0 Å². The number of aryl methyl sites for hydroxylation is 1. The molecule has 0 aromatic heterocycles. The van der Waals surface area contributed by atoms with E-state index in [1.807, 2.05) is 55.5 Å². The van der Waals surface area contributed by atoms with Gasteiger partial charge in [-0.15, -0.1) is 0 Å². The Hall–Kier alpha value is -2.08. The van der Waals surface area contributed by atoms with Crippen molar-refractivity contribution in [3.63, 3.8) is 0 Å². The average molecular weight is 218 g/mol. The van der Waals surface area contributed by atoms with Gasteiger partial charge in [-0.1, -0.05) is 66.7 Å². The van der Waals surface area contributed by atoms with Crippen molar-refractivity contribution in [3.05, 3.63) is 84.4 Å². The molecule has 0 aliphatic rings. The van der Waals surface area contributed by atoms with Gasteiger partial charge in [0, 0.05) is 0 Å². The van der Waals surface area contributed by atoms with E-state index in [0.29, 0.717) is 0 Å². The van der Waals surface area contributed by atoms with E-state index in [2.05, 4.69) is 30.3 Å². The predicted octanol–water partition coefficient (Wildman–Crippen LogP) is 4.44. The number of benzene rings is 3. The van der Waals surface area contributed by atoms with Crippen molar-refractivity contribution in [2.75, 3.05) is 0 Å². The maximum Gasteiger partial charge on any atom is -0.00992 e. The molecule has 0 heterocycles. The van der Waals surface area contributed by atoms with Gasteiger partial charge in [0.1, 0.15) is 0 Å². The third-order valence-corrected chi connectivity index (χ3v) is 2.44. The first kappa shape index (κ1) is 11.4. The van der Waals surface area contributed by atoms with Crippen molar-refractivity contribution < 1.29 is 0 Å². The molecule has 0 unspecified atom stereocenters. The number of rotatable bonds is 0. The van der Waals surface area contributed by atoms with Crippen LogP contribution >= 0.6 is 0 Å².